The van der Waals surface area contributed by atoms with E-state index in [1.165, 1.54) is 71.4 Å². The summed E-state index contributed by atoms with van der Waals surface area (Å²) in [6.45, 7) is 8.78. The lowest BCUT2D eigenvalue weighted by Gasteiger charge is -2.20. The summed E-state index contributed by atoms with van der Waals surface area (Å²) in [5.41, 5.74) is 11.5. The molecule has 294 valence electrons. The molecule has 0 N–H and O–H groups in total. The third kappa shape index (κ3) is 6.88. The van der Waals surface area contributed by atoms with Gasteiger partial charge in [-0.25, -0.2) is 0 Å². The standard InChI is InChI=1S/C38H26.C19H12O.C2H6.CH4/c1-37(33-18-7-3-14-29(33)30-15-4-8-19-34(30)37)24-22-27-12-11-13-28(26-27)23-25-38(2)35-20-9-5-16-31(35)32-17-6-10-21-36(32)38;1-2-12-20-17-11-9-15-7-6-13-4-3-5-14-8-10-16(17)19(15)18(13)14;1-2;/h3-21,26H,1-2H3;1,3-11H,12H2;1-2H3;1H4. The van der Waals surface area contributed by atoms with E-state index >= 15 is 0 Å². The van der Waals surface area contributed by atoms with Crippen molar-refractivity contribution in [3.05, 3.63) is 209 Å². The summed E-state index contributed by atoms with van der Waals surface area (Å²) in [7, 11) is 0. The predicted molar refractivity (Wildman–Crippen MR) is 259 cm³/mol. The number of fused-ring (bicyclic) bond motifs is 6. The first kappa shape index (κ1) is 40.3. The Morgan fingerprint density at radius 3 is 1.31 bits per heavy atom. The van der Waals surface area contributed by atoms with Gasteiger partial charge in [0.25, 0.3) is 0 Å². The summed E-state index contributed by atoms with van der Waals surface area (Å²) in [5.74, 6) is 17.7. The Kier molecular flexibility index (Phi) is 11.0. The lowest BCUT2D eigenvalue weighted by molar-refractivity contribution is 0.375. The molecule has 0 atom stereocenters. The summed E-state index contributed by atoms with van der Waals surface area (Å²) in [4.78, 5) is 0. The van der Waals surface area contributed by atoms with E-state index in [1.54, 1.807) is 0 Å². The van der Waals surface area contributed by atoms with Crippen LogP contribution in [-0.2, 0) is 10.8 Å². The maximum Gasteiger partial charge on any atom is 0.148 e. The van der Waals surface area contributed by atoms with Crippen LogP contribution in [0.1, 0.15) is 68.5 Å². The second kappa shape index (κ2) is 16.6. The van der Waals surface area contributed by atoms with E-state index in [2.05, 4.69) is 213 Å². The van der Waals surface area contributed by atoms with Gasteiger partial charge in [-0.3, -0.25) is 0 Å². The molecule has 2 aliphatic rings. The van der Waals surface area contributed by atoms with Gasteiger partial charge in [0.1, 0.15) is 12.4 Å². The molecule has 0 aliphatic heterocycles. The van der Waals surface area contributed by atoms with Crippen molar-refractivity contribution in [2.75, 3.05) is 6.61 Å². The highest BCUT2D eigenvalue weighted by Gasteiger charge is 2.38. The lowest BCUT2D eigenvalue weighted by Crippen LogP contribution is -2.18. The molecule has 0 amide bonds. The first-order valence-electron chi connectivity index (χ1n) is 20.7. The van der Waals surface area contributed by atoms with Crippen LogP contribution in [0.3, 0.4) is 0 Å². The van der Waals surface area contributed by atoms with Gasteiger partial charge < -0.3 is 4.74 Å². The van der Waals surface area contributed by atoms with Crippen LogP contribution in [0.25, 0.3) is 54.6 Å². The van der Waals surface area contributed by atoms with E-state index in [0.717, 1.165) is 22.3 Å². The molecule has 0 fully saturated rings. The van der Waals surface area contributed by atoms with Gasteiger partial charge in [-0.2, -0.15) is 0 Å². The largest absolute Gasteiger partial charge is 0.480 e. The van der Waals surface area contributed by atoms with Gasteiger partial charge in [-0.05, 0) is 110 Å². The van der Waals surface area contributed by atoms with E-state index in [4.69, 9.17) is 11.2 Å². The molecular formula is C60H48O. The second-order valence-electron chi connectivity index (χ2n) is 15.4. The van der Waals surface area contributed by atoms with Crippen molar-refractivity contribution in [3.63, 3.8) is 0 Å². The fourth-order valence-corrected chi connectivity index (χ4v) is 9.20. The third-order valence-corrected chi connectivity index (χ3v) is 12.0. The van der Waals surface area contributed by atoms with Crippen LogP contribution in [0.4, 0.5) is 0 Å². The normalized spacial score (nSPS) is 12.8. The fraction of sp³-hybridized carbons (Fsp3) is 0.133. The number of hydrogen-bond acceptors (Lipinski definition) is 1. The van der Waals surface area contributed by atoms with Crippen LogP contribution in [0.5, 0.6) is 5.75 Å². The number of ether oxygens (including phenoxy) is 1. The molecule has 0 heterocycles. The Balaban J connectivity index is 0.000000188. The van der Waals surface area contributed by atoms with Crippen LogP contribution < -0.4 is 4.74 Å². The molecule has 1 heteroatoms. The lowest BCUT2D eigenvalue weighted by atomic mass is 9.80. The first-order valence-corrected chi connectivity index (χ1v) is 20.7. The Morgan fingerprint density at radius 2 is 0.852 bits per heavy atom. The first-order chi connectivity index (χ1) is 29.5. The minimum absolute atomic E-state index is 0. The average molecular weight is 785 g/mol. The highest BCUT2D eigenvalue weighted by atomic mass is 16.5. The summed E-state index contributed by atoms with van der Waals surface area (Å²) in [6, 6.07) is 62.0. The van der Waals surface area contributed by atoms with Crippen molar-refractivity contribution in [2.45, 2.75) is 46.0 Å². The second-order valence-corrected chi connectivity index (χ2v) is 15.4. The minimum Gasteiger partial charge on any atom is -0.480 e. The molecule has 0 saturated heterocycles. The van der Waals surface area contributed by atoms with Crippen LogP contribution in [0.2, 0.25) is 0 Å². The highest BCUT2D eigenvalue weighted by molar-refractivity contribution is 6.24. The molecule has 9 aromatic carbocycles. The zero-order valence-electron chi connectivity index (χ0n) is 34.4. The molecular weight excluding hydrogens is 737 g/mol. The van der Waals surface area contributed by atoms with Crippen molar-refractivity contribution < 1.29 is 4.74 Å². The smallest absolute Gasteiger partial charge is 0.148 e. The van der Waals surface area contributed by atoms with E-state index in [1.807, 2.05) is 19.9 Å². The Bertz CT molecular complexity index is 3000. The number of benzene rings is 9. The van der Waals surface area contributed by atoms with E-state index in [-0.39, 0.29) is 18.3 Å². The zero-order chi connectivity index (χ0) is 41.3. The van der Waals surface area contributed by atoms with Gasteiger partial charge in [-0.15, -0.1) is 6.42 Å². The summed E-state index contributed by atoms with van der Waals surface area (Å²) >= 11 is 0. The maximum atomic E-state index is 5.68. The number of rotatable bonds is 2. The third-order valence-electron chi connectivity index (χ3n) is 12.0. The minimum atomic E-state index is -0.348. The quantitative estimate of drug-likeness (QED) is 0.125. The van der Waals surface area contributed by atoms with Crippen LogP contribution in [0, 0.1) is 36.0 Å². The molecule has 2 aliphatic carbocycles. The molecule has 9 aromatic rings. The average Bonchev–Trinajstić information content (AvgIpc) is 3.72. The SMILES string of the molecule is C.C#CCOc1ccc2ccc3cccc4ccc1c2c34.CC.CC1(C#Cc2cccc(C#CC3(C)c4ccccc4-c4ccccc43)c2)c2ccccc2-c2ccccc21. The van der Waals surface area contributed by atoms with Crippen LogP contribution in [0.15, 0.2) is 176 Å². The van der Waals surface area contributed by atoms with Crippen molar-refractivity contribution in [2.24, 2.45) is 0 Å². The van der Waals surface area contributed by atoms with Crippen LogP contribution >= 0.6 is 0 Å². The van der Waals surface area contributed by atoms with Gasteiger partial charge in [-0.1, -0.05) is 196 Å². The molecule has 0 unspecified atom stereocenters. The molecule has 0 spiro atoms. The molecule has 0 radical (unpaired) electrons. The zero-order valence-corrected chi connectivity index (χ0v) is 34.4. The van der Waals surface area contributed by atoms with E-state index in [9.17, 15) is 0 Å². The summed E-state index contributed by atoms with van der Waals surface area (Å²) in [6.07, 6.45) is 5.29. The van der Waals surface area contributed by atoms with Crippen molar-refractivity contribution in [1.82, 2.24) is 0 Å². The summed E-state index contributed by atoms with van der Waals surface area (Å²) < 4.78 is 5.68. The molecule has 0 saturated carbocycles. The van der Waals surface area contributed by atoms with Gasteiger partial charge in [0.2, 0.25) is 0 Å². The van der Waals surface area contributed by atoms with Gasteiger partial charge in [0.05, 0.1) is 10.8 Å². The van der Waals surface area contributed by atoms with E-state index in [0.29, 0.717) is 6.61 Å². The highest BCUT2D eigenvalue weighted by Crippen LogP contribution is 2.49. The Morgan fingerprint density at radius 1 is 0.459 bits per heavy atom. The number of hydrogen-bond donors (Lipinski definition) is 0. The summed E-state index contributed by atoms with van der Waals surface area (Å²) in [5, 5.41) is 7.44. The van der Waals surface area contributed by atoms with Gasteiger partial charge >= 0.3 is 0 Å². The Labute approximate surface area is 361 Å². The number of terminal acetylenes is 1. The molecule has 11 rings (SSSR count). The van der Waals surface area contributed by atoms with Crippen molar-refractivity contribution >= 4 is 32.3 Å². The maximum absolute atomic E-state index is 5.68. The molecule has 61 heavy (non-hydrogen) atoms. The molecule has 0 aromatic heterocycles. The topological polar surface area (TPSA) is 9.23 Å². The van der Waals surface area contributed by atoms with E-state index < -0.39 is 0 Å². The Hall–Kier alpha value is -7.50. The van der Waals surface area contributed by atoms with Gasteiger partial charge in [0, 0.05) is 21.9 Å². The van der Waals surface area contributed by atoms with Gasteiger partial charge in [0.15, 0.2) is 0 Å². The predicted octanol–water partition coefficient (Wildman–Crippen LogP) is 14.6. The van der Waals surface area contributed by atoms with Crippen molar-refractivity contribution in [3.8, 4) is 64.0 Å². The fourth-order valence-electron chi connectivity index (χ4n) is 9.20. The monoisotopic (exact) mass is 784 g/mol. The van der Waals surface area contributed by atoms with Crippen LogP contribution in [-0.4, -0.2) is 6.61 Å². The van der Waals surface area contributed by atoms with Crippen molar-refractivity contribution in [1.29, 1.82) is 0 Å². The molecule has 0 bridgehead atoms. The molecule has 1 nitrogen and oxygen atoms in total.